The van der Waals surface area contributed by atoms with Gasteiger partial charge in [0.1, 0.15) is 5.75 Å². The lowest BCUT2D eigenvalue weighted by Crippen LogP contribution is -2.31. The highest BCUT2D eigenvalue weighted by molar-refractivity contribution is 5.51. The van der Waals surface area contributed by atoms with Crippen LogP contribution in [0.25, 0.3) is 0 Å². The molecular formula is C28H27NO. The van der Waals surface area contributed by atoms with Crippen LogP contribution in [0.15, 0.2) is 109 Å². The Morgan fingerprint density at radius 2 is 1.10 bits per heavy atom. The SMILES string of the molecule is N.c1ccc(C(CCOc2ccc3cc2C3)(c2ccccc2)c2ccccc2)cc1. The molecule has 0 aliphatic heterocycles. The minimum absolute atomic E-state index is 0. The van der Waals surface area contributed by atoms with Crippen molar-refractivity contribution in [1.82, 2.24) is 6.15 Å². The van der Waals surface area contributed by atoms with Crippen LogP contribution < -0.4 is 10.9 Å². The molecule has 2 heteroatoms. The molecule has 2 nitrogen and oxygen atoms in total. The third-order valence-electron chi connectivity index (χ3n) is 6.05. The molecule has 0 unspecified atom stereocenters. The summed E-state index contributed by atoms with van der Waals surface area (Å²) in [6.07, 6.45) is 1.92. The molecule has 0 aromatic heterocycles. The van der Waals surface area contributed by atoms with Crippen LogP contribution in [0.2, 0.25) is 0 Å². The largest absolute Gasteiger partial charge is 0.493 e. The molecule has 2 bridgehead atoms. The summed E-state index contributed by atoms with van der Waals surface area (Å²) in [6.45, 7) is 0.658. The summed E-state index contributed by atoms with van der Waals surface area (Å²) in [6, 6.07) is 39.0. The molecule has 0 fully saturated rings. The van der Waals surface area contributed by atoms with E-state index in [2.05, 4.69) is 109 Å². The van der Waals surface area contributed by atoms with Gasteiger partial charge >= 0.3 is 0 Å². The molecule has 0 heterocycles. The summed E-state index contributed by atoms with van der Waals surface area (Å²) >= 11 is 0. The fourth-order valence-corrected chi connectivity index (χ4v) is 4.53. The van der Waals surface area contributed by atoms with Gasteiger partial charge in [0.2, 0.25) is 0 Å². The lowest BCUT2D eigenvalue weighted by atomic mass is 9.67. The number of hydrogen-bond acceptors (Lipinski definition) is 2. The maximum absolute atomic E-state index is 6.30. The molecule has 0 atom stereocenters. The average molecular weight is 394 g/mol. The first-order valence-electron chi connectivity index (χ1n) is 10.3. The number of ether oxygens (including phenoxy) is 1. The third-order valence-corrected chi connectivity index (χ3v) is 6.05. The molecule has 6 rings (SSSR count). The molecule has 3 N–H and O–H groups in total. The van der Waals surface area contributed by atoms with E-state index in [1.165, 1.54) is 27.8 Å². The van der Waals surface area contributed by atoms with E-state index in [4.69, 9.17) is 4.74 Å². The maximum Gasteiger partial charge on any atom is 0.122 e. The summed E-state index contributed by atoms with van der Waals surface area (Å²) in [7, 11) is 0. The van der Waals surface area contributed by atoms with Crippen LogP contribution in [0.3, 0.4) is 0 Å². The summed E-state index contributed by atoms with van der Waals surface area (Å²) in [5, 5.41) is 0. The third kappa shape index (κ3) is 3.51. The number of benzene rings is 4. The van der Waals surface area contributed by atoms with Crippen LogP contribution in [-0.4, -0.2) is 6.61 Å². The van der Waals surface area contributed by atoms with Gasteiger partial charge in [-0.2, -0.15) is 0 Å². The normalized spacial score (nSPS) is 11.9. The Balaban J connectivity index is 0.00000218. The average Bonchev–Trinajstić information content (AvgIpc) is 2.78. The molecule has 0 radical (unpaired) electrons. The highest BCUT2D eigenvalue weighted by atomic mass is 16.5. The highest BCUT2D eigenvalue weighted by Gasteiger charge is 2.36. The number of hydrogen-bond donors (Lipinski definition) is 1. The fraction of sp³-hybridized carbons (Fsp3) is 0.143. The Labute approximate surface area is 178 Å². The molecule has 0 amide bonds. The fourth-order valence-electron chi connectivity index (χ4n) is 4.53. The van der Waals surface area contributed by atoms with Crippen LogP contribution in [0, 0.1) is 0 Å². The number of fused-ring (bicyclic) bond motifs is 2. The van der Waals surface area contributed by atoms with E-state index in [0.29, 0.717) is 6.61 Å². The lowest BCUT2D eigenvalue weighted by Gasteiger charge is -2.36. The van der Waals surface area contributed by atoms with Crippen LogP contribution in [0.1, 0.15) is 34.2 Å². The Bertz CT molecular complexity index is 991. The number of rotatable bonds is 7. The van der Waals surface area contributed by atoms with E-state index in [1.54, 1.807) is 0 Å². The van der Waals surface area contributed by atoms with Crippen molar-refractivity contribution in [1.29, 1.82) is 0 Å². The van der Waals surface area contributed by atoms with Gasteiger partial charge in [0.05, 0.1) is 6.61 Å². The van der Waals surface area contributed by atoms with Gasteiger partial charge in [-0.25, -0.2) is 0 Å². The minimum atomic E-state index is -0.256. The Kier molecular flexibility index (Phi) is 5.69. The summed E-state index contributed by atoms with van der Waals surface area (Å²) in [5.74, 6) is 1.03. The summed E-state index contributed by atoms with van der Waals surface area (Å²) in [4.78, 5) is 0. The first-order valence-corrected chi connectivity index (χ1v) is 10.3. The van der Waals surface area contributed by atoms with Crippen molar-refractivity contribution in [2.24, 2.45) is 0 Å². The van der Waals surface area contributed by atoms with E-state index in [-0.39, 0.29) is 11.6 Å². The van der Waals surface area contributed by atoms with Crippen LogP contribution in [0.4, 0.5) is 0 Å². The quantitative estimate of drug-likeness (QED) is 0.318. The molecule has 2 aliphatic carbocycles. The van der Waals surface area contributed by atoms with Crippen molar-refractivity contribution < 1.29 is 4.74 Å². The topological polar surface area (TPSA) is 44.2 Å². The smallest absolute Gasteiger partial charge is 0.122 e. The molecular weight excluding hydrogens is 366 g/mol. The predicted molar refractivity (Wildman–Crippen MR) is 124 cm³/mol. The van der Waals surface area contributed by atoms with Crippen molar-refractivity contribution in [3.63, 3.8) is 0 Å². The summed E-state index contributed by atoms with van der Waals surface area (Å²) in [5.41, 5.74) is 6.36. The van der Waals surface area contributed by atoms with Gasteiger partial charge in [-0.1, -0.05) is 103 Å². The van der Waals surface area contributed by atoms with Gasteiger partial charge in [0.15, 0.2) is 0 Å². The van der Waals surface area contributed by atoms with Gasteiger partial charge in [-0.05, 0) is 40.3 Å². The zero-order valence-corrected chi connectivity index (χ0v) is 17.1. The standard InChI is InChI=1S/C28H24O.H3N/c1-4-10-24(11-5-1)28(25-12-6-2-7-13-25,26-14-8-3-9-15-26)18-19-29-27-17-16-22-20-23(27)21-22;/h1-17,20H,18-19,21H2;1H3. The monoisotopic (exact) mass is 393 g/mol. The minimum Gasteiger partial charge on any atom is -0.493 e. The molecule has 4 aromatic carbocycles. The Morgan fingerprint density at radius 1 is 0.633 bits per heavy atom. The van der Waals surface area contributed by atoms with E-state index >= 15 is 0 Å². The second kappa shape index (κ2) is 8.56. The molecule has 150 valence electrons. The van der Waals surface area contributed by atoms with E-state index < -0.39 is 0 Å². The molecule has 0 saturated carbocycles. The van der Waals surface area contributed by atoms with Crippen LogP contribution >= 0.6 is 0 Å². The second-order valence-corrected chi connectivity index (χ2v) is 7.72. The maximum atomic E-state index is 6.30. The van der Waals surface area contributed by atoms with Gasteiger partial charge in [0.25, 0.3) is 0 Å². The molecule has 2 aliphatic rings. The van der Waals surface area contributed by atoms with Crippen molar-refractivity contribution in [2.75, 3.05) is 6.61 Å². The van der Waals surface area contributed by atoms with Crippen molar-refractivity contribution in [3.8, 4) is 5.75 Å². The van der Waals surface area contributed by atoms with Gasteiger partial charge < -0.3 is 10.9 Å². The van der Waals surface area contributed by atoms with E-state index in [9.17, 15) is 0 Å². The first kappa shape index (κ1) is 19.9. The lowest BCUT2D eigenvalue weighted by molar-refractivity contribution is 0.283. The summed E-state index contributed by atoms with van der Waals surface area (Å²) < 4.78 is 6.30. The van der Waals surface area contributed by atoms with Crippen molar-refractivity contribution in [3.05, 3.63) is 137 Å². The Hall–Kier alpha value is -3.36. The van der Waals surface area contributed by atoms with Crippen LogP contribution in [0.5, 0.6) is 5.75 Å². The molecule has 30 heavy (non-hydrogen) atoms. The van der Waals surface area contributed by atoms with Gasteiger partial charge in [0, 0.05) is 11.8 Å². The van der Waals surface area contributed by atoms with E-state index in [1.807, 2.05) is 0 Å². The zero-order chi connectivity index (χ0) is 19.5. The highest BCUT2D eigenvalue weighted by Crippen LogP contribution is 2.42. The molecule has 4 aromatic rings. The molecule has 0 spiro atoms. The molecule has 0 saturated heterocycles. The van der Waals surface area contributed by atoms with E-state index in [0.717, 1.165) is 18.6 Å². The zero-order valence-electron chi connectivity index (χ0n) is 17.1. The van der Waals surface area contributed by atoms with Crippen LogP contribution in [-0.2, 0) is 11.8 Å². The predicted octanol–water partition coefficient (Wildman–Crippen LogP) is 6.56. The van der Waals surface area contributed by atoms with Crippen molar-refractivity contribution in [2.45, 2.75) is 18.3 Å². The first-order chi connectivity index (χ1) is 14.4. The van der Waals surface area contributed by atoms with Gasteiger partial charge in [-0.15, -0.1) is 0 Å². The second-order valence-electron chi connectivity index (χ2n) is 7.72. The van der Waals surface area contributed by atoms with Crippen molar-refractivity contribution >= 4 is 0 Å². The van der Waals surface area contributed by atoms with Gasteiger partial charge in [-0.3, -0.25) is 0 Å². The Morgan fingerprint density at radius 3 is 1.50 bits per heavy atom.